The van der Waals surface area contributed by atoms with Crippen molar-refractivity contribution in [3.8, 4) is 11.5 Å². The molecule has 2 aromatic carbocycles. The van der Waals surface area contributed by atoms with Gasteiger partial charge in [0.25, 0.3) is 0 Å². The third kappa shape index (κ3) is 4.43. The molecule has 6 heteroatoms. The molecule has 1 saturated heterocycles. The van der Waals surface area contributed by atoms with Gasteiger partial charge in [-0.25, -0.2) is 4.39 Å². The van der Waals surface area contributed by atoms with Crippen LogP contribution >= 0.6 is 11.6 Å². The van der Waals surface area contributed by atoms with Gasteiger partial charge in [-0.1, -0.05) is 35.9 Å². The van der Waals surface area contributed by atoms with Crippen LogP contribution < -0.4 is 9.47 Å². The highest BCUT2D eigenvalue weighted by atomic mass is 35.5. The van der Waals surface area contributed by atoms with Crippen molar-refractivity contribution < 1.29 is 19.0 Å². The number of halogens is 2. The molecule has 0 saturated carbocycles. The third-order valence-electron chi connectivity index (χ3n) is 5.56. The molecule has 0 radical (unpaired) electrons. The molecule has 0 bridgehead atoms. The molecule has 28 heavy (non-hydrogen) atoms. The number of benzene rings is 2. The minimum atomic E-state index is -0.358. The fourth-order valence-electron chi connectivity index (χ4n) is 4.11. The maximum atomic E-state index is 14.2. The Hall–Kier alpha value is -1.82. The molecule has 1 aliphatic heterocycles. The largest absolute Gasteiger partial charge is 0.493 e. The van der Waals surface area contributed by atoms with Gasteiger partial charge < -0.3 is 14.6 Å². The van der Waals surface area contributed by atoms with E-state index in [1.165, 1.54) is 6.07 Å². The van der Waals surface area contributed by atoms with E-state index >= 15 is 0 Å². The number of likely N-dealkylation sites (tertiary alicyclic amines) is 1. The zero-order chi connectivity index (χ0) is 20.1. The number of hydrogen-bond acceptors (Lipinski definition) is 4. The van der Waals surface area contributed by atoms with E-state index < -0.39 is 0 Å². The Kier molecular flexibility index (Phi) is 6.81. The van der Waals surface area contributed by atoms with Crippen LogP contribution in [0.25, 0.3) is 0 Å². The van der Waals surface area contributed by atoms with Gasteiger partial charge in [0.2, 0.25) is 0 Å². The number of rotatable bonds is 7. The van der Waals surface area contributed by atoms with Gasteiger partial charge in [-0.05, 0) is 49.1 Å². The predicted octanol–water partition coefficient (Wildman–Crippen LogP) is 4.31. The molecular weight excluding hydrogens is 381 g/mol. The standard InChI is InChI=1S/C22H27ClFNO3/c1-27-19-9-8-17(20(23)21(19)28-2)13-25-11-5-10-22(14-25,15-26)12-16-6-3-4-7-18(16)24/h3-4,6-9,26H,5,10-15H2,1-2H3/t22-/m0/s1. The summed E-state index contributed by atoms with van der Waals surface area (Å²) >= 11 is 6.54. The van der Waals surface area contributed by atoms with Crippen molar-refractivity contribution in [2.24, 2.45) is 5.41 Å². The smallest absolute Gasteiger partial charge is 0.179 e. The average Bonchev–Trinajstić information content (AvgIpc) is 2.71. The molecule has 0 unspecified atom stereocenters. The molecular formula is C22H27ClFNO3. The Morgan fingerprint density at radius 2 is 1.93 bits per heavy atom. The second-order valence-electron chi connectivity index (χ2n) is 7.51. The molecule has 3 rings (SSSR count). The van der Waals surface area contributed by atoms with E-state index in [1.54, 1.807) is 26.4 Å². The highest BCUT2D eigenvalue weighted by molar-refractivity contribution is 6.33. The summed E-state index contributed by atoms with van der Waals surface area (Å²) in [5.74, 6) is 0.910. The lowest BCUT2D eigenvalue weighted by atomic mass is 9.75. The van der Waals surface area contributed by atoms with Crippen molar-refractivity contribution >= 4 is 11.6 Å². The number of aliphatic hydroxyl groups is 1. The highest BCUT2D eigenvalue weighted by Crippen LogP contribution is 2.39. The number of methoxy groups -OCH3 is 2. The monoisotopic (exact) mass is 407 g/mol. The summed E-state index contributed by atoms with van der Waals surface area (Å²) in [4.78, 5) is 2.27. The summed E-state index contributed by atoms with van der Waals surface area (Å²) in [6, 6.07) is 10.6. The summed E-state index contributed by atoms with van der Waals surface area (Å²) in [6.45, 7) is 2.25. The van der Waals surface area contributed by atoms with E-state index in [-0.39, 0.29) is 17.8 Å². The van der Waals surface area contributed by atoms with Crippen LogP contribution in [0.5, 0.6) is 11.5 Å². The first-order valence-corrected chi connectivity index (χ1v) is 9.85. The van der Waals surface area contributed by atoms with Crippen molar-refractivity contribution in [1.29, 1.82) is 0 Å². The van der Waals surface area contributed by atoms with Gasteiger partial charge in [-0.15, -0.1) is 0 Å². The van der Waals surface area contributed by atoms with E-state index in [2.05, 4.69) is 4.90 Å². The molecule has 1 N–H and O–H groups in total. The molecule has 1 fully saturated rings. The first kappa shape index (κ1) is 20.9. The Bertz CT molecular complexity index is 816. The zero-order valence-corrected chi connectivity index (χ0v) is 17.1. The van der Waals surface area contributed by atoms with Crippen LogP contribution in [0.2, 0.25) is 5.02 Å². The van der Waals surface area contributed by atoms with Gasteiger partial charge in [0.1, 0.15) is 5.82 Å². The first-order valence-electron chi connectivity index (χ1n) is 9.48. The van der Waals surface area contributed by atoms with E-state index in [9.17, 15) is 9.50 Å². The van der Waals surface area contributed by atoms with Gasteiger partial charge in [0, 0.05) is 18.5 Å². The second-order valence-corrected chi connectivity index (χ2v) is 7.89. The second kappa shape index (κ2) is 9.12. The van der Waals surface area contributed by atoms with Gasteiger partial charge in [0.15, 0.2) is 11.5 Å². The lowest BCUT2D eigenvalue weighted by Gasteiger charge is -2.42. The van der Waals surface area contributed by atoms with E-state index in [0.717, 1.165) is 24.9 Å². The average molecular weight is 408 g/mol. The van der Waals surface area contributed by atoms with Crippen molar-refractivity contribution in [2.75, 3.05) is 33.9 Å². The quantitative estimate of drug-likeness (QED) is 0.742. The lowest BCUT2D eigenvalue weighted by Crippen LogP contribution is -2.46. The zero-order valence-electron chi connectivity index (χ0n) is 16.4. The van der Waals surface area contributed by atoms with Crippen molar-refractivity contribution in [1.82, 2.24) is 4.90 Å². The normalized spacial score (nSPS) is 20.2. The minimum absolute atomic E-state index is 0.0253. The summed E-state index contributed by atoms with van der Waals surface area (Å²) in [5, 5.41) is 10.7. The van der Waals surface area contributed by atoms with Crippen LogP contribution in [-0.2, 0) is 13.0 Å². The fourth-order valence-corrected chi connectivity index (χ4v) is 4.41. The minimum Gasteiger partial charge on any atom is -0.493 e. The lowest BCUT2D eigenvalue weighted by molar-refractivity contribution is 0.0283. The number of hydrogen-bond donors (Lipinski definition) is 1. The molecule has 1 atom stereocenters. The molecule has 1 heterocycles. The summed E-state index contributed by atoms with van der Waals surface area (Å²) < 4.78 is 24.9. The molecule has 1 aliphatic rings. The van der Waals surface area contributed by atoms with Gasteiger partial charge in [-0.2, -0.15) is 0 Å². The molecule has 2 aromatic rings. The van der Waals surface area contributed by atoms with Crippen molar-refractivity contribution in [3.05, 3.63) is 58.4 Å². The van der Waals surface area contributed by atoms with Gasteiger partial charge >= 0.3 is 0 Å². The first-order chi connectivity index (χ1) is 13.5. The van der Waals surface area contributed by atoms with Crippen molar-refractivity contribution in [3.63, 3.8) is 0 Å². The Balaban J connectivity index is 1.78. The van der Waals surface area contributed by atoms with E-state index in [4.69, 9.17) is 21.1 Å². The molecule has 0 spiro atoms. The van der Waals surface area contributed by atoms with Crippen LogP contribution in [0.3, 0.4) is 0 Å². The SMILES string of the molecule is COc1ccc(CN2CCC[C@](CO)(Cc3ccccc3F)C2)c(Cl)c1OC. The Labute approximate surface area is 170 Å². The molecule has 4 nitrogen and oxygen atoms in total. The van der Waals surface area contributed by atoms with Crippen molar-refractivity contribution in [2.45, 2.75) is 25.8 Å². The van der Waals surface area contributed by atoms with Crippen LogP contribution in [0.4, 0.5) is 4.39 Å². The Morgan fingerprint density at radius 3 is 2.61 bits per heavy atom. The Morgan fingerprint density at radius 1 is 1.14 bits per heavy atom. The van der Waals surface area contributed by atoms with E-state index in [1.807, 2.05) is 18.2 Å². The fraction of sp³-hybridized carbons (Fsp3) is 0.455. The maximum absolute atomic E-state index is 14.2. The topological polar surface area (TPSA) is 41.9 Å². The van der Waals surface area contributed by atoms with Crippen LogP contribution in [0.1, 0.15) is 24.0 Å². The summed E-state index contributed by atoms with van der Waals surface area (Å²) in [6.07, 6.45) is 2.33. The number of piperidine rings is 1. The molecule has 0 amide bonds. The van der Waals surface area contributed by atoms with Crippen LogP contribution in [-0.4, -0.2) is 43.9 Å². The summed E-state index contributed by atoms with van der Waals surface area (Å²) in [5.41, 5.74) is 1.24. The van der Waals surface area contributed by atoms with Crippen LogP contribution in [0.15, 0.2) is 36.4 Å². The molecule has 0 aromatic heterocycles. The number of nitrogens with zero attached hydrogens (tertiary/aromatic N) is 1. The number of aliphatic hydroxyl groups excluding tert-OH is 1. The highest BCUT2D eigenvalue weighted by Gasteiger charge is 2.36. The van der Waals surface area contributed by atoms with Crippen LogP contribution in [0, 0.1) is 11.2 Å². The molecule has 0 aliphatic carbocycles. The number of ether oxygens (including phenoxy) is 2. The maximum Gasteiger partial charge on any atom is 0.179 e. The summed E-state index contributed by atoms with van der Waals surface area (Å²) in [7, 11) is 3.15. The van der Waals surface area contributed by atoms with Gasteiger partial charge in [0.05, 0.1) is 25.8 Å². The predicted molar refractivity (Wildman–Crippen MR) is 109 cm³/mol. The van der Waals surface area contributed by atoms with E-state index in [0.29, 0.717) is 41.6 Å². The van der Waals surface area contributed by atoms with Gasteiger partial charge in [-0.3, -0.25) is 4.90 Å². The molecule has 152 valence electrons. The third-order valence-corrected chi connectivity index (χ3v) is 5.97.